The molecule has 1 N–H and O–H groups in total. The molecule has 3 heteroatoms. The van der Waals surface area contributed by atoms with Crippen molar-refractivity contribution in [3.05, 3.63) is 0 Å². The van der Waals surface area contributed by atoms with Crippen LogP contribution in [0, 0.1) is 0 Å². The number of hydrogen-bond acceptors (Lipinski definition) is 1. The van der Waals surface area contributed by atoms with Gasteiger partial charge < -0.3 is 6.74 Å². The summed E-state index contributed by atoms with van der Waals surface area (Å²) in [5.41, 5.74) is 0. The Hall–Kier alpha value is 0.0674. The molecule has 0 radical (unpaired) electrons. The Morgan fingerprint density at radius 2 is 2.29 bits per heavy atom. The van der Waals surface area contributed by atoms with E-state index in [1.54, 1.807) is 7.05 Å². The van der Waals surface area contributed by atoms with Crippen LogP contribution in [0.3, 0.4) is 0 Å². The van der Waals surface area contributed by atoms with Crippen LogP contribution in [0.5, 0.6) is 0 Å². The summed E-state index contributed by atoms with van der Waals surface area (Å²) in [5.74, 6) is 0.0926. The Labute approximate surface area is 57.3 Å². The van der Waals surface area contributed by atoms with Crippen LogP contribution in [0.2, 0.25) is 0 Å². The first-order valence-electron chi connectivity index (χ1n) is 2.01. The minimum absolute atomic E-state index is 0. The topological polar surface area (TPSA) is 29.1 Å². The van der Waals surface area contributed by atoms with Crippen LogP contribution in [-0.4, -0.2) is 13.0 Å². The Morgan fingerprint density at radius 3 is 2.29 bits per heavy atom. The van der Waals surface area contributed by atoms with E-state index in [9.17, 15) is 4.79 Å². The molecule has 0 unspecified atom stereocenters. The maximum Gasteiger partial charge on any atom is 1.00 e. The van der Waals surface area contributed by atoms with Crippen LogP contribution in [0.25, 0.3) is 0 Å². The molecule has 0 bridgehead atoms. The van der Waals surface area contributed by atoms with Crippen LogP contribution in [0.4, 0.5) is 0 Å². The van der Waals surface area contributed by atoms with E-state index in [2.05, 4.69) is 5.32 Å². The predicted octanol–water partition coefficient (Wildman–Crippen LogP) is -2.74. The van der Waals surface area contributed by atoms with E-state index in [4.69, 9.17) is 0 Å². The summed E-state index contributed by atoms with van der Waals surface area (Å²) in [6, 6.07) is 0. The molecular weight excluding hydrogens is 85.0 g/mol. The molecular formula is C4H10LiNO. The first-order valence-corrected chi connectivity index (χ1v) is 2.01. The molecule has 0 aromatic heterocycles. The van der Waals surface area contributed by atoms with Gasteiger partial charge in [0.05, 0.1) is 0 Å². The van der Waals surface area contributed by atoms with E-state index in [0.29, 0.717) is 6.42 Å². The summed E-state index contributed by atoms with van der Waals surface area (Å²) in [7, 11) is 1.63. The summed E-state index contributed by atoms with van der Waals surface area (Å²) in [6.45, 7) is 1.82. The van der Waals surface area contributed by atoms with E-state index in [1.807, 2.05) is 6.92 Å². The third-order valence-corrected chi connectivity index (χ3v) is 0.600. The zero-order valence-corrected chi connectivity index (χ0v) is 5.12. The van der Waals surface area contributed by atoms with Crippen LogP contribution < -0.4 is 24.2 Å². The van der Waals surface area contributed by atoms with Gasteiger partial charge in [-0.25, -0.2) is 0 Å². The molecule has 38 valence electrons. The zero-order chi connectivity index (χ0) is 4.99. The second kappa shape index (κ2) is 6.07. The third-order valence-electron chi connectivity index (χ3n) is 0.600. The normalized spacial score (nSPS) is 6.57. The summed E-state index contributed by atoms with van der Waals surface area (Å²) >= 11 is 0. The van der Waals surface area contributed by atoms with Crippen molar-refractivity contribution < 1.29 is 25.1 Å². The Balaban J connectivity index is -0.000000125. The molecule has 0 aliphatic rings. The molecule has 0 aromatic rings. The molecule has 0 saturated carbocycles. The molecule has 1 amide bonds. The fourth-order valence-electron chi connectivity index (χ4n) is 0.177. The number of rotatable bonds is 1. The van der Waals surface area contributed by atoms with Crippen LogP contribution >= 0.6 is 0 Å². The van der Waals surface area contributed by atoms with Crippen molar-refractivity contribution in [3.63, 3.8) is 0 Å². The number of nitrogens with one attached hydrogen (secondary N) is 1. The van der Waals surface area contributed by atoms with Crippen molar-refractivity contribution in [1.82, 2.24) is 5.32 Å². The van der Waals surface area contributed by atoms with E-state index in [0.717, 1.165) is 0 Å². The molecule has 0 rings (SSSR count). The van der Waals surface area contributed by atoms with Crippen LogP contribution in [0.15, 0.2) is 0 Å². The molecule has 0 heterocycles. The average Bonchev–Trinajstić information content (AvgIpc) is 1.65. The second-order valence-corrected chi connectivity index (χ2v) is 1.03. The molecule has 0 aromatic carbocycles. The quantitative estimate of drug-likeness (QED) is 0.352. The maximum atomic E-state index is 10.1. The van der Waals surface area contributed by atoms with Gasteiger partial charge in [-0.2, -0.15) is 0 Å². The van der Waals surface area contributed by atoms with Crippen LogP contribution in [0.1, 0.15) is 14.8 Å². The fraction of sp³-hybridized carbons (Fsp3) is 0.750. The van der Waals surface area contributed by atoms with Crippen molar-refractivity contribution in [2.75, 3.05) is 7.05 Å². The third kappa shape index (κ3) is 6.07. The summed E-state index contributed by atoms with van der Waals surface area (Å²) in [5, 5.41) is 2.48. The minimum atomic E-state index is 0. The van der Waals surface area contributed by atoms with Crippen molar-refractivity contribution in [2.24, 2.45) is 0 Å². The van der Waals surface area contributed by atoms with E-state index in [-0.39, 0.29) is 26.2 Å². The van der Waals surface area contributed by atoms with Gasteiger partial charge in [0, 0.05) is 13.5 Å². The van der Waals surface area contributed by atoms with Gasteiger partial charge in [0.15, 0.2) is 0 Å². The number of carbonyl (C=O) groups excluding carboxylic acids is 1. The van der Waals surface area contributed by atoms with Gasteiger partial charge in [0.1, 0.15) is 0 Å². The van der Waals surface area contributed by atoms with Crippen molar-refractivity contribution >= 4 is 5.91 Å². The predicted molar refractivity (Wildman–Crippen MR) is 25.5 cm³/mol. The van der Waals surface area contributed by atoms with E-state index >= 15 is 0 Å². The zero-order valence-electron chi connectivity index (χ0n) is 6.12. The number of carbonyl (C=O) groups is 1. The second-order valence-electron chi connectivity index (χ2n) is 1.03. The average molecular weight is 95.1 g/mol. The van der Waals surface area contributed by atoms with Crippen molar-refractivity contribution in [2.45, 2.75) is 13.3 Å². The Bertz CT molecular complexity index is 54.0. The van der Waals surface area contributed by atoms with Gasteiger partial charge in [-0.05, 0) is 0 Å². The smallest absolute Gasteiger partial charge is 1.00 e. The summed E-state index contributed by atoms with van der Waals surface area (Å²) < 4.78 is 0. The van der Waals surface area contributed by atoms with Crippen molar-refractivity contribution in [3.8, 4) is 0 Å². The number of amides is 1. The molecule has 7 heavy (non-hydrogen) atoms. The largest absolute Gasteiger partial charge is 1.00 e. The van der Waals surface area contributed by atoms with E-state index < -0.39 is 0 Å². The first kappa shape index (κ1) is 10.1. The van der Waals surface area contributed by atoms with Crippen molar-refractivity contribution in [1.29, 1.82) is 0 Å². The minimum Gasteiger partial charge on any atom is -1.00 e. The Kier molecular flexibility index (Phi) is 8.78. The van der Waals surface area contributed by atoms with Crippen LogP contribution in [-0.2, 0) is 4.79 Å². The number of hydrogen-bond donors (Lipinski definition) is 1. The van der Waals surface area contributed by atoms with Gasteiger partial charge in [-0.15, -0.1) is 0 Å². The van der Waals surface area contributed by atoms with Gasteiger partial charge >= 0.3 is 18.9 Å². The van der Waals surface area contributed by atoms with Gasteiger partial charge in [-0.3, -0.25) is 4.79 Å². The standard InChI is InChI=1S/C4H9NO.Li.H/c1-3-4(6)5-2;;/h3H2,1-2H3,(H,5,6);;/q;+1;-1. The molecule has 0 aliphatic carbocycles. The monoisotopic (exact) mass is 95.1 g/mol. The van der Waals surface area contributed by atoms with E-state index in [1.165, 1.54) is 0 Å². The molecule has 0 atom stereocenters. The SMILES string of the molecule is CCC(=O)NC.[H-].[Li+]. The summed E-state index contributed by atoms with van der Waals surface area (Å²) in [4.78, 5) is 10.1. The Morgan fingerprint density at radius 1 is 1.86 bits per heavy atom. The molecule has 0 spiro atoms. The maximum absolute atomic E-state index is 10.1. The molecule has 0 saturated heterocycles. The van der Waals surface area contributed by atoms with Gasteiger partial charge in [0.2, 0.25) is 5.91 Å². The molecule has 0 aliphatic heterocycles. The van der Waals surface area contributed by atoms with Gasteiger partial charge in [0.25, 0.3) is 0 Å². The fourth-order valence-corrected chi connectivity index (χ4v) is 0.177. The van der Waals surface area contributed by atoms with Gasteiger partial charge in [-0.1, -0.05) is 6.92 Å². The molecule has 0 fully saturated rings. The first-order chi connectivity index (χ1) is 2.81. The summed E-state index contributed by atoms with van der Waals surface area (Å²) in [6.07, 6.45) is 0.580. The molecule has 2 nitrogen and oxygen atoms in total.